The minimum Gasteiger partial charge on any atom is -0.312 e. The molecule has 0 saturated carbocycles. The number of benzene rings is 2. The number of anilines is 1. The molecule has 0 aromatic heterocycles. The van der Waals surface area contributed by atoms with Gasteiger partial charge in [-0.05, 0) is 49.2 Å². The number of halogens is 1. The minimum absolute atomic E-state index is 0.157. The maximum atomic E-state index is 12.6. The number of nitrogens with one attached hydrogen (secondary N) is 1. The van der Waals surface area contributed by atoms with Crippen molar-refractivity contribution in [3.8, 4) is 0 Å². The Bertz CT molecular complexity index is 864. The lowest BCUT2D eigenvalue weighted by atomic mass is 10.1. The van der Waals surface area contributed by atoms with Gasteiger partial charge < -0.3 is 4.90 Å². The first-order chi connectivity index (χ1) is 11.5. The summed E-state index contributed by atoms with van der Waals surface area (Å²) in [5.74, 6) is 0.352. The molecule has 1 heterocycles. The minimum atomic E-state index is -3.71. The van der Waals surface area contributed by atoms with Gasteiger partial charge in [0.25, 0.3) is 10.0 Å². The number of aliphatic imine (C=N–C) groups is 1. The number of sulfonamides is 1. The van der Waals surface area contributed by atoms with E-state index in [9.17, 15) is 8.42 Å². The zero-order valence-corrected chi connectivity index (χ0v) is 14.8. The van der Waals surface area contributed by atoms with Crippen molar-refractivity contribution in [2.75, 3.05) is 18.0 Å². The van der Waals surface area contributed by atoms with Crippen molar-refractivity contribution in [3.63, 3.8) is 0 Å². The van der Waals surface area contributed by atoms with Crippen molar-refractivity contribution in [1.29, 1.82) is 0 Å². The van der Waals surface area contributed by atoms with E-state index >= 15 is 0 Å². The quantitative estimate of drug-likeness (QED) is 0.910. The number of guanidine groups is 1. The van der Waals surface area contributed by atoms with E-state index in [4.69, 9.17) is 11.6 Å². The summed E-state index contributed by atoms with van der Waals surface area (Å²) in [6.07, 6.45) is 0.876. The third-order valence-corrected chi connectivity index (χ3v) is 5.41. The zero-order chi connectivity index (χ0) is 17.2. The fraction of sp³-hybridized carbons (Fsp3) is 0.235. The third kappa shape index (κ3) is 3.55. The molecule has 126 valence electrons. The van der Waals surface area contributed by atoms with Crippen molar-refractivity contribution in [2.45, 2.75) is 18.2 Å². The van der Waals surface area contributed by atoms with Crippen LogP contribution in [0.4, 0.5) is 5.69 Å². The molecule has 2 aromatic rings. The van der Waals surface area contributed by atoms with Crippen LogP contribution in [0.2, 0.25) is 5.02 Å². The molecule has 0 spiro atoms. The van der Waals surface area contributed by atoms with Gasteiger partial charge in [-0.2, -0.15) is 0 Å². The predicted octanol–water partition coefficient (Wildman–Crippen LogP) is 3.19. The Morgan fingerprint density at radius 1 is 1.12 bits per heavy atom. The molecule has 0 bridgehead atoms. The van der Waals surface area contributed by atoms with Gasteiger partial charge in [-0.1, -0.05) is 29.8 Å². The van der Waals surface area contributed by atoms with Crippen molar-refractivity contribution >= 4 is 33.3 Å². The van der Waals surface area contributed by atoms with Gasteiger partial charge in [0.15, 0.2) is 0 Å². The Morgan fingerprint density at radius 2 is 1.83 bits per heavy atom. The van der Waals surface area contributed by atoms with Gasteiger partial charge >= 0.3 is 0 Å². The monoisotopic (exact) mass is 363 g/mol. The molecule has 3 rings (SSSR count). The van der Waals surface area contributed by atoms with Crippen LogP contribution in [-0.2, 0) is 10.0 Å². The first-order valence-corrected chi connectivity index (χ1v) is 9.49. The Morgan fingerprint density at radius 3 is 2.54 bits per heavy atom. The molecule has 0 amide bonds. The Balaban J connectivity index is 1.91. The summed E-state index contributed by atoms with van der Waals surface area (Å²) in [5.41, 5.74) is 2.02. The lowest BCUT2D eigenvalue weighted by molar-refractivity contribution is 0.591. The second-order valence-electron chi connectivity index (χ2n) is 5.56. The summed E-state index contributed by atoms with van der Waals surface area (Å²) < 4.78 is 27.8. The van der Waals surface area contributed by atoms with Gasteiger partial charge in [0.05, 0.1) is 4.90 Å². The largest absolute Gasteiger partial charge is 0.312 e. The summed E-state index contributed by atoms with van der Waals surface area (Å²) in [6.45, 7) is 3.31. The number of nitrogens with zero attached hydrogens (tertiary/aromatic N) is 2. The molecule has 1 aliphatic heterocycles. The average Bonchev–Trinajstić information content (AvgIpc) is 2.56. The summed E-state index contributed by atoms with van der Waals surface area (Å²) in [6, 6.07) is 13.9. The molecule has 0 radical (unpaired) electrons. The third-order valence-electron chi connectivity index (χ3n) is 3.81. The molecule has 24 heavy (non-hydrogen) atoms. The molecule has 0 aliphatic carbocycles. The predicted molar refractivity (Wildman–Crippen MR) is 97.2 cm³/mol. The van der Waals surface area contributed by atoms with E-state index in [2.05, 4.69) is 9.71 Å². The first kappa shape index (κ1) is 16.8. The van der Waals surface area contributed by atoms with Crippen LogP contribution in [0.3, 0.4) is 0 Å². The van der Waals surface area contributed by atoms with Gasteiger partial charge in [0, 0.05) is 23.8 Å². The number of hydrogen-bond donors (Lipinski definition) is 1. The molecule has 5 nitrogen and oxygen atoms in total. The molecular weight excluding hydrogens is 346 g/mol. The zero-order valence-electron chi connectivity index (χ0n) is 13.2. The number of hydrogen-bond acceptors (Lipinski definition) is 4. The summed E-state index contributed by atoms with van der Waals surface area (Å²) in [4.78, 5) is 6.45. The van der Waals surface area contributed by atoms with Crippen molar-refractivity contribution < 1.29 is 8.42 Å². The second kappa shape index (κ2) is 6.83. The normalized spacial score (nSPS) is 15.1. The maximum Gasteiger partial charge on any atom is 0.264 e. The average molecular weight is 364 g/mol. The summed E-state index contributed by atoms with van der Waals surface area (Å²) in [5, 5.41) is 0.491. The Kier molecular flexibility index (Phi) is 4.78. The molecule has 1 N–H and O–H groups in total. The highest BCUT2D eigenvalue weighted by Gasteiger charge is 2.24. The van der Waals surface area contributed by atoms with E-state index in [1.165, 1.54) is 12.1 Å². The number of para-hydroxylation sites is 1. The summed E-state index contributed by atoms with van der Waals surface area (Å²) >= 11 is 5.83. The highest BCUT2D eigenvalue weighted by atomic mass is 35.5. The Labute approximate surface area is 147 Å². The van der Waals surface area contributed by atoms with Gasteiger partial charge in [-0.15, -0.1) is 0 Å². The van der Waals surface area contributed by atoms with Crippen LogP contribution in [0.5, 0.6) is 0 Å². The van der Waals surface area contributed by atoms with Gasteiger partial charge in [-0.3, -0.25) is 4.99 Å². The lowest BCUT2D eigenvalue weighted by Crippen LogP contribution is -2.47. The van der Waals surface area contributed by atoms with Crippen molar-refractivity contribution in [2.24, 2.45) is 4.99 Å². The molecule has 2 aromatic carbocycles. The van der Waals surface area contributed by atoms with E-state index in [0.29, 0.717) is 24.1 Å². The topological polar surface area (TPSA) is 61.8 Å². The SMILES string of the molecule is Cc1ccccc1N1CCCN=C1NS(=O)(=O)c1ccc(Cl)cc1. The fourth-order valence-electron chi connectivity index (χ4n) is 2.59. The van der Waals surface area contributed by atoms with Crippen LogP contribution >= 0.6 is 11.6 Å². The standard InChI is InChI=1S/C17H18ClN3O2S/c1-13-5-2-3-6-16(13)21-12-4-11-19-17(21)20-24(22,23)15-9-7-14(18)8-10-15/h2-3,5-10H,4,11-12H2,1H3,(H,19,20). The molecule has 1 aliphatic rings. The smallest absolute Gasteiger partial charge is 0.264 e. The second-order valence-corrected chi connectivity index (χ2v) is 7.68. The first-order valence-electron chi connectivity index (χ1n) is 7.63. The highest BCUT2D eigenvalue weighted by molar-refractivity contribution is 7.90. The Hall–Kier alpha value is -2.05. The van der Waals surface area contributed by atoms with Crippen LogP contribution in [0.15, 0.2) is 58.4 Å². The van der Waals surface area contributed by atoms with E-state index in [1.807, 2.05) is 36.1 Å². The van der Waals surface area contributed by atoms with E-state index in [1.54, 1.807) is 12.1 Å². The van der Waals surface area contributed by atoms with Gasteiger partial charge in [0.2, 0.25) is 5.96 Å². The van der Waals surface area contributed by atoms with Crippen molar-refractivity contribution in [3.05, 3.63) is 59.1 Å². The molecule has 0 atom stereocenters. The van der Waals surface area contributed by atoms with Crippen LogP contribution < -0.4 is 9.62 Å². The molecule has 0 unspecified atom stereocenters. The highest BCUT2D eigenvalue weighted by Crippen LogP contribution is 2.22. The number of rotatable bonds is 3. The van der Waals surface area contributed by atoms with Crippen molar-refractivity contribution in [1.82, 2.24) is 4.72 Å². The van der Waals surface area contributed by atoms with Gasteiger partial charge in [0.1, 0.15) is 0 Å². The van der Waals surface area contributed by atoms with Gasteiger partial charge in [-0.25, -0.2) is 13.1 Å². The molecular formula is C17H18ClN3O2S. The van der Waals surface area contributed by atoms with E-state index < -0.39 is 10.0 Å². The van der Waals surface area contributed by atoms with Crippen LogP contribution in [0, 0.1) is 6.92 Å². The summed E-state index contributed by atoms with van der Waals surface area (Å²) in [7, 11) is -3.71. The van der Waals surface area contributed by atoms with Crippen LogP contribution in [0.25, 0.3) is 0 Å². The number of aryl methyl sites for hydroxylation is 1. The fourth-order valence-corrected chi connectivity index (χ4v) is 3.74. The van der Waals surface area contributed by atoms with E-state index in [0.717, 1.165) is 17.7 Å². The molecule has 0 fully saturated rings. The van der Waals surface area contributed by atoms with E-state index in [-0.39, 0.29) is 4.90 Å². The lowest BCUT2D eigenvalue weighted by Gasteiger charge is -2.30. The molecule has 0 saturated heterocycles. The van der Waals surface area contributed by atoms with Crippen LogP contribution in [0.1, 0.15) is 12.0 Å². The van der Waals surface area contributed by atoms with Crippen LogP contribution in [-0.4, -0.2) is 27.5 Å². The maximum absolute atomic E-state index is 12.6. The molecule has 7 heteroatoms.